The van der Waals surface area contributed by atoms with E-state index in [1.54, 1.807) is 29.4 Å². The summed E-state index contributed by atoms with van der Waals surface area (Å²) in [6.07, 6.45) is 1.71. The number of thiophene rings is 1. The van der Waals surface area contributed by atoms with Crippen molar-refractivity contribution in [1.29, 1.82) is 0 Å². The highest BCUT2D eigenvalue weighted by Gasteiger charge is 2.37. The molecule has 0 spiro atoms. The lowest BCUT2D eigenvalue weighted by atomic mass is 9.90. The lowest BCUT2D eigenvalue weighted by molar-refractivity contribution is -0.121. The van der Waals surface area contributed by atoms with Gasteiger partial charge in [-0.1, -0.05) is 6.07 Å². The Labute approximate surface area is 119 Å². The van der Waals surface area contributed by atoms with Crippen LogP contribution in [0, 0.1) is 5.41 Å². The first-order valence-electron chi connectivity index (χ1n) is 6.06. The van der Waals surface area contributed by atoms with E-state index >= 15 is 0 Å². The van der Waals surface area contributed by atoms with Gasteiger partial charge in [0.25, 0.3) is 0 Å². The largest absolute Gasteiger partial charge is 0.444 e. The highest BCUT2D eigenvalue weighted by atomic mass is 32.2. The van der Waals surface area contributed by atoms with Gasteiger partial charge in [0, 0.05) is 16.9 Å². The monoisotopic (exact) mass is 297 g/mol. The molecule has 19 heavy (non-hydrogen) atoms. The molecule has 3 rings (SSSR count). The number of nitrogens with zero attached hydrogens (tertiary/aromatic N) is 1. The molecule has 0 aromatic carbocycles. The van der Waals surface area contributed by atoms with E-state index < -0.39 is 0 Å². The highest BCUT2D eigenvalue weighted by molar-refractivity contribution is 7.98. The molecule has 0 amide bonds. The van der Waals surface area contributed by atoms with E-state index in [-0.39, 0.29) is 12.0 Å². The van der Waals surface area contributed by atoms with Gasteiger partial charge in [-0.2, -0.15) is 11.8 Å². The van der Waals surface area contributed by atoms with Gasteiger partial charge in [-0.3, -0.25) is 0 Å². The van der Waals surface area contributed by atoms with Crippen LogP contribution in [0.5, 0.6) is 0 Å². The summed E-state index contributed by atoms with van der Waals surface area (Å²) in [5, 5.41) is 11.3. The van der Waals surface area contributed by atoms with Gasteiger partial charge in [0.05, 0.1) is 30.4 Å². The van der Waals surface area contributed by atoms with Crippen molar-refractivity contribution in [1.82, 2.24) is 4.98 Å². The second-order valence-corrected chi connectivity index (χ2v) is 6.70. The molecule has 102 valence electrons. The molecule has 0 atom stereocenters. The minimum atomic E-state index is -0.0367. The van der Waals surface area contributed by atoms with Gasteiger partial charge in [-0.05, 0) is 11.4 Å². The molecule has 1 aliphatic heterocycles. The summed E-state index contributed by atoms with van der Waals surface area (Å²) in [7, 11) is 0. The summed E-state index contributed by atoms with van der Waals surface area (Å²) in [6.45, 7) is 1.52. The molecule has 3 heterocycles. The predicted molar refractivity (Wildman–Crippen MR) is 76.3 cm³/mol. The number of aromatic nitrogens is 1. The smallest absolute Gasteiger partial charge is 0.236 e. The Morgan fingerprint density at radius 1 is 1.47 bits per heavy atom. The number of ether oxygens (including phenoxy) is 1. The van der Waals surface area contributed by atoms with Crippen LogP contribution in [0.3, 0.4) is 0 Å². The third-order valence-electron chi connectivity index (χ3n) is 3.09. The van der Waals surface area contributed by atoms with Crippen LogP contribution in [-0.4, -0.2) is 35.7 Å². The van der Waals surface area contributed by atoms with E-state index in [1.165, 1.54) is 0 Å². The minimum absolute atomic E-state index is 0.0367. The number of rotatable bonds is 6. The van der Waals surface area contributed by atoms with Gasteiger partial charge < -0.3 is 14.3 Å². The fourth-order valence-electron chi connectivity index (χ4n) is 1.87. The standard InChI is InChI=1S/C13H15NO3S2/c15-6-13(7-16-8-13)9-18-5-10-4-17-12(14-10)11-2-1-3-19-11/h1-4,15H,5-9H2. The Kier molecular flexibility index (Phi) is 3.93. The summed E-state index contributed by atoms with van der Waals surface area (Å²) in [6, 6.07) is 3.99. The van der Waals surface area contributed by atoms with E-state index in [0.717, 1.165) is 22.1 Å². The molecule has 0 saturated carbocycles. The molecule has 1 aliphatic rings. The van der Waals surface area contributed by atoms with E-state index in [9.17, 15) is 5.11 Å². The maximum absolute atomic E-state index is 9.34. The number of aliphatic hydroxyl groups is 1. The van der Waals surface area contributed by atoms with Gasteiger partial charge in [-0.15, -0.1) is 11.3 Å². The highest BCUT2D eigenvalue weighted by Crippen LogP contribution is 2.32. The van der Waals surface area contributed by atoms with E-state index in [1.807, 2.05) is 17.5 Å². The lowest BCUT2D eigenvalue weighted by Crippen LogP contribution is -2.47. The first-order valence-corrected chi connectivity index (χ1v) is 8.09. The zero-order valence-corrected chi connectivity index (χ0v) is 12.0. The summed E-state index contributed by atoms with van der Waals surface area (Å²) < 4.78 is 10.6. The summed E-state index contributed by atoms with van der Waals surface area (Å²) in [4.78, 5) is 5.52. The predicted octanol–water partition coefficient (Wildman–Crippen LogP) is 2.65. The molecule has 2 aromatic heterocycles. The van der Waals surface area contributed by atoms with E-state index in [4.69, 9.17) is 9.15 Å². The first kappa shape index (κ1) is 13.2. The number of aliphatic hydroxyl groups excluding tert-OH is 1. The van der Waals surface area contributed by atoms with Crippen molar-refractivity contribution in [3.05, 3.63) is 29.5 Å². The van der Waals surface area contributed by atoms with Gasteiger partial charge in [0.1, 0.15) is 6.26 Å². The summed E-state index contributed by atoms with van der Waals surface area (Å²) in [5.41, 5.74) is 0.909. The second-order valence-electron chi connectivity index (χ2n) is 4.77. The maximum Gasteiger partial charge on any atom is 0.236 e. The van der Waals surface area contributed by atoms with Crippen molar-refractivity contribution in [2.45, 2.75) is 5.75 Å². The Hall–Kier alpha value is -0.820. The Bertz CT molecular complexity index is 514. The molecular weight excluding hydrogens is 282 g/mol. The Morgan fingerprint density at radius 2 is 2.37 bits per heavy atom. The third-order valence-corrected chi connectivity index (χ3v) is 5.27. The lowest BCUT2D eigenvalue weighted by Gasteiger charge is -2.39. The molecular formula is C13H15NO3S2. The zero-order valence-electron chi connectivity index (χ0n) is 10.4. The quantitative estimate of drug-likeness (QED) is 0.888. The van der Waals surface area contributed by atoms with Crippen molar-refractivity contribution in [3.8, 4) is 10.8 Å². The SMILES string of the molecule is OCC1(CSCc2coc(-c3cccs3)n2)COC1. The second kappa shape index (κ2) is 5.66. The molecule has 4 nitrogen and oxygen atoms in total. The van der Waals surface area contributed by atoms with Gasteiger partial charge in [0.15, 0.2) is 0 Å². The third kappa shape index (κ3) is 2.86. The number of thioether (sulfide) groups is 1. The van der Waals surface area contributed by atoms with Crippen LogP contribution in [0.25, 0.3) is 10.8 Å². The first-order chi connectivity index (χ1) is 9.31. The van der Waals surface area contributed by atoms with Crippen molar-refractivity contribution in [3.63, 3.8) is 0 Å². The fraction of sp³-hybridized carbons (Fsp3) is 0.462. The van der Waals surface area contributed by atoms with Crippen molar-refractivity contribution < 1.29 is 14.3 Å². The number of hydrogen-bond acceptors (Lipinski definition) is 6. The van der Waals surface area contributed by atoms with Crippen molar-refractivity contribution >= 4 is 23.1 Å². The average Bonchev–Trinajstić information content (AvgIpc) is 3.02. The topological polar surface area (TPSA) is 55.5 Å². The van der Waals surface area contributed by atoms with Crippen LogP contribution in [0.1, 0.15) is 5.69 Å². The Balaban J connectivity index is 1.53. The van der Waals surface area contributed by atoms with Gasteiger partial charge in [0.2, 0.25) is 5.89 Å². The van der Waals surface area contributed by atoms with Crippen LogP contribution in [-0.2, 0) is 10.5 Å². The van der Waals surface area contributed by atoms with Crippen LogP contribution in [0.4, 0.5) is 0 Å². The van der Waals surface area contributed by atoms with Crippen LogP contribution < -0.4 is 0 Å². The molecule has 1 saturated heterocycles. The Morgan fingerprint density at radius 3 is 3.00 bits per heavy atom. The van der Waals surface area contributed by atoms with Crippen LogP contribution in [0.2, 0.25) is 0 Å². The molecule has 0 bridgehead atoms. The zero-order chi connectivity index (χ0) is 13.1. The van der Waals surface area contributed by atoms with Gasteiger partial charge in [-0.25, -0.2) is 4.98 Å². The van der Waals surface area contributed by atoms with E-state index in [0.29, 0.717) is 19.1 Å². The minimum Gasteiger partial charge on any atom is -0.444 e. The molecule has 0 unspecified atom stereocenters. The van der Waals surface area contributed by atoms with Crippen LogP contribution >= 0.6 is 23.1 Å². The van der Waals surface area contributed by atoms with Crippen LogP contribution in [0.15, 0.2) is 28.2 Å². The average molecular weight is 297 g/mol. The molecule has 0 aliphatic carbocycles. The maximum atomic E-state index is 9.34. The molecule has 1 N–H and O–H groups in total. The van der Waals surface area contributed by atoms with E-state index in [2.05, 4.69) is 4.98 Å². The molecule has 0 radical (unpaired) electrons. The molecule has 2 aromatic rings. The molecule has 6 heteroatoms. The number of oxazole rings is 1. The normalized spacial score (nSPS) is 17.3. The summed E-state index contributed by atoms with van der Waals surface area (Å²) >= 11 is 3.39. The van der Waals surface area contributed by atoms with Crippen molar-refractivity contribution in [2.75, 3.05) is 25.6 Å². The van der Waals surface area contributed by atoms with Gasteiger partial charge >= 0.3 is 0 Å². The van der Waals surface area contributed by atoms with Crippen molar-refractivity contribution in [2.24, 2.45) is 5.41 Å². The number of hydrogen-bond donors (Lipinski definition) is 1. The fourth-order valence-corrected chi connectivity index (χ4v) is 3.66. The molecule has 1 fully saturated rings. The summed E-state index contributed by atoms with van der Waals surface area (Å²) in [5.74, 6) is 2.39.